The van der Waals surface area contributed by atoms with Gasteiger partial charge < -0.3 is 15.6 Å². The topological polar surface area (TPSA) is 95.6 Å². The van der Waals surface area contributed by atoms with Gasteiger partial charge in [-0.15, -0.1) is 11.3 Å². The first-order valence-electron chi connectivity index (χ1n) is 9.14. The summed E-state index contributed by atoms with van der Waals surface area (Å²) in [6.45, 7) is 1.46. The van der Waals surface area contributed by atoms with E-state index in [0.717, 1.165) is 28.1 Å². The molecule has 4 aromatic rings. The SMILES string of the molecule is O=C(NCc1ncccc1F)c1csc(CCNCc2cccc3[nH]cnc23)n1. The number of benzene rings is 1. The third-order valence-corrected chi connectivity index (χ3v) is 5.31. The van der Waals surface area contributed by atoms with Crippen LogP contribution in [0.1, 0.15) is 26.8 Å². The van der Waals surface area contributed by atoms with E-state index < -0.39 is 5.82 Å². The van der Waals surface area contributed by atoms with Crippen molar-refractivity contribution in [3.05, 3.63) is 76.0 Å². The number of hydrogen-bond acceptors (Lipinski definition) is 6. The fourth-order valence-corrected chi connectivity index (χ4v) is 3.70. The maximum Gasteiger partial charge on any atom is 0.271 e. The monoisotopic (exact) mass is 410 g/mol. The molecule has 29 heavy (non-hydrogen) atoms. The van der Waals surface area contributed by atoms with Gasteiger partial charge in [0.1, 0.15) is 11.5 Å². The van der Waals surface area contributed by atoms with Gasteiger partial charge in [-0.1, -0.05) is 12.1 Å². The minimum Gasteiger partial charge on any atom is -0.345 e. The molecule has 0 spiro atoms. The molecule has 9 heteroatoms. The predicted molar refractivity (Wildman–Crippen MR) is 109 cm³/mol. The molecule has 1 aromatic carbocycles. The molecular weight excluding hydrogens is 391 g/mol. The number of amides is 1. The molecule has 0 bridgehead atoms. The number of thiazole rings is 1. The number of aromatic amines is 1. The second kappa shape index (κ2) is 8.89. The van der Waals surface area contributed by atoms with Crippen LogP contribution in [0.15, 0.2) is 48.2 Å². The second-order valence-corrected chi connectivity index (χ2v) is 7.33. The number of imidazole rings is 1. The highest BCUT2D eigenvalue weighted by atomic mass is 32.1. The van der Waals surface area contributed by atoms with Crippen LogP contribution < -0.4 is 10.6 Å². The van der Waals surface area contributed by atoms with Gasteiger partial charge in [-0.2, -0.15) is 0 Å². The fraction of sp³-hybridized carbons (Fsp3) is 0.200. The summed E-state index contributed by atoms with van der Waals surface area (Å²) >= 11 is 1.43. The Morgan fingerprint density at radius 1 is 1.17 bits per heavy atom. The van der Waals surface area contributed by atoms with Crippen LogP contribution in [-0.2, 0) is 19.5 Å². The van der Waals surface area contributed by atoms with Crippen LogP contribution in [0.2, 0.25) is 0 Å². The van der Waals surface area contributed by atoms with E-state index in [-0.39, 0.29) is 18.1 Å². The van der Waals surface area contributed by atoms with E-state index in [1.54, 1.807) is 11.7 Å². The molecule has 7 nitrogen and oxygen atoms in total. The minimum absolute atomic E-state index is 0.0264. The molecular formula is C20H19FN6OS. The van der Waals surface area contributed by atoms with Gasteiger partial charge in [-0.3, -0.25) is 9.78 Å². The molecule has 0 saturated carbocycles. The number of rotatable bonds is 8. The quantitative estimate of drug-likeness (QED) is 0.388. The molecule has 0 saturated heterocycles. The summed E-state index contributed by atoms with van der Waals surface area (Å²) in [5.74, 6) is -0.779. The zero-order valence-electron chi connectivity index (χ0n) is 15.5. The number of para-hydroxylation sites is 1. The molecule has 1 amide bonds. The fourth-order valence-electron chi connectivity index (χ4n) is 2.92. The maximum atomic E-state index is 13.6. The van der Waals surface area contributed by atoms with Gasteiger partial charge in [-0.05, 0) is 23.8 Å². The maximum absolute atomic E-state index is 13.6. The van der Waals surface area contributed by atoms with Crippen molar-refractivity contribution in [2.75, 3.05) is 6.54 Å². The lowest BCUT2D eigenvalue weighted by Gasteiger charge is -2.05. The Bertz CT molecular complexity index is 1120. The van der Waals surface area contributed by atoms with Crippen LogP contribution in [0.25, 0.3) is 11.0 Å². The molecule has 3 aromatic heterocycles. The van der Waals surface area contributed by atoms with E-state index in [1.165, 1.54) is 29.7 Å². The van der Waals surface area contributed by atoms with Gasteiger partial charge in [0.2, 0.25) is 0 Å². The summed E-state index contributed by atoms with van der Waals surface area (Å²) < 4.78 is 13.6. The van der Waals surface area contributed by atoms with Crippen molar-refractivity contribution in [3.63, 3.8) is 0 Å². The predicted octanol–water partition coefficient (Wildman–Crippen LogP) is 2.82. The highest BCUT2D eigenvalue weighted by Gasteiger charge is 2.12. The summed E-state index contributed by atoms with van der Waals surface area (Å²) in [5.41, 5.74) is 3.66. The average molecular weight is 410 g/mol. The molecule has 0 fully saturated rings. The molecule has 0 aliphatic rings. The average Bonchev–Trinajstić information content (AvgIpc) is 3.40. The third-order valence-electron chi connectivity index (χ3n) is 4.40. The van der Waals surface area contributed by atoms with Crippen LogP contribution >= 0.6 is 11.3 Å². The molecule has 3 N–H and O–H groups in total. The van der Waals surface area contributed by atoms with E-state index in [1.807, 2.05) is 18.2 Å². The first-order chi connectivity index (χ1) is 14.2. The standard InChI is InChI=1S/C20H19FN6OS/c21-14-4-2-7-23-16(14)10-24-20(28)17-11-29-18(27-17)6-8-22-9-13-3-1-5-15-19(13)26-12-25-15/h1-5,7,11-12,22H,6,8-10H2,(H,24,28)(H,25,26). The third kappa shape index (κ3) is 4.64. The van der Waals surface area contributed by atoms with Crippen LogP contribution in [0.4, 0.5) is 4.39 Å². The van der Waals surface area contributed by atoms with E-state index in [0.29, 0.717) is 18.7 Å². The number of carbonyl (C=O) groups excluding carboxylic acids is 1. The molecule has 0 atom stereocenters. The van der Waals surface area contributed by atoms with Gasteiger partial charge >= 0.3 is 0 Å². The highest BCUT2D eigenvalue weighted by Crippen LogP contribution is 2.14. The number of aromatic nitrogens is 4. The lowest BCUT2D eigenvalue weighted by Crippen LogP contribution is -2.24. The largest absolute Gasteiger partial charge is 0.345 e. The van der Waals surface area contributed by atoms with Crippen LogP contribution in [-0.4, -0.2) is 32.4 Å². The summed E-state index contributed by atoms with van der Waals surface area (Å²) in [5, 5.41) is 8.61. The zero-order valence-corrected chi connectivity index (χ0v) is 16.3. The lowest BCUT2D eigenvalue weighted by atomic mass is 10.2. The number of hydrogen-bond donors (Lipinski definition) is 3. The van der Waals surface area contributed by atoms with Gasteiger partial charge in [0.25, 0.3) is 5.91 Å². The molecule has 0 unspecified atom stereocenters. The molecule has 0 radical (unpaired) electrons. The molecule has 0 aliphatic heterocycles. The van der Waals surface area contributed by atoms with E-state index in [9.17, 15) is 9.18 Å². The van der Waals surface area contributed by atoms with Crippen molar-refractivity contribution in [1.82, 2.24) is 30.6 Å². The lowest BCUT2D eigenvalue weighted by molar-refractivity contribution is 0.0945. The van der Waals surface area contributed by atoms with Crippen LogP contribution in [0.5, 0.6) is 0 Å². The number of carbonyl (C=O) groups is 1. The number of H-pyrrole nitrogens is 1. The van der Waals surface area contributed by atoms with Crippen molar-refractivity contribution in [2.45, 2.75) is 19.5 Å². The van der Waals surface area contributed by atoms with Crippen molar-refractivity contribution >= 4 is 28.3 Å². The molecule has 3 heterocycles. The summed E-state index contributed by atoms with van der Waals surface area (Å²) in [4.78, 5) is 27.9. The van der Waals surface area contributed by atoms with E-state index >= 15 is 0 Å². The number of nitrogens with one attached hydrogen (secondary N) is 3. The van der Waals surface area contributed by atoms with Gasteiger partial charge in [-0.25, -0.2) is 14.4 Å². The Balaban J connectivity index is 1.25. The Morgan fingerprint density at radius 3 is 3.00 bits per heavy atom. The van der Waals surface area contributed by atoms with Crippen LogP contribution in [0.3, 0.4) is 0 Å². The summed E-state index contributed by atoms with van der Waals surface area (Å²) in [6, 6.07) is 8.87. The number of halogens is 1. The molecule has 148 valence electrons. The van der Waals surface area contributed by atoms with E-state index in [2.05, 4.69) is 30.6 Å². The Labute approximate surface area is 170 Å². The van der Waals surface area contributed by atoms with Crippen LogP contribution in [0, 0.1) is 5.82 Å². The van der Waals surface area contributed by atoms with Crippen molar-refractivity contribution in [1.29, 1.82) is 0 Å². The minimum atomic E-state index is -0.441. The normalized spacial score (nSPS) is 11.1. The number of nitrogens with zero attached hydrogens (tertiary/aromatic N) is 3. The molecule has 4 rings (SSSR count). The first-order valence-corrected chi connectivity index (χ1v) is 10.0. The first kappa shape index (κ1) is 19.2. The smallest absolute Gasteiger partial charge is 0.271 e. The summed E-state index contributed by atoms with van der Waals surface area (Å²) in [6.07, 6.45) is 3.90. The zero-order chi connectivity index (χ0) is 20.1. The Hall–Kier alpha value is -3.17. The number of fused-ring (bicyclic) bond motifs is 1. The second-order valence-electron chi connectivity index (χ2n) is 6.38. The van der Waals surface area contributed by atoms with E-state index in [4.69, 9.17) is 0 Å². The molecule has 0 aliphatic carbocycles. The Kier molecular flexibility index (Phi) is 5.87. The highest BCUT2D eigenvalue weighted by molar-refractivity contribution is 7.09. The number of pyridine rings is 1. The van der Waals surface area contributed by atoms with Gasteiger partial charge in [0, 0.05) is 31.1 Å². The Morgan fingerprint density at radius 2 is 2.10 bits per heavy atom. The van der Waals surface area contributed by atoms with Gasteiger partial charge in [0.05, 0.1) is 34.6 Å². The van der Waals surface area contributed by atoms with Crippen molar-refractivity contribution < 1.29 is 9.18 Å². The van der Waals surface area contributed by atoms with Crippen molar-refractivity contribution in [2.24, 2.45) is 0 Å². The summed E-state index contributed by atoms with van der Waals surface area (Å²) in [7, 11) is 0. The van der Waals surface area contributed by atoms with Gasteiger partial charge in [0.15, 0.2) is 0 Å². The van der Waals surface area contributed by atoms with Crippen molar-refractivity contribution in [3.8, 4) is 0 Å².